The summed E-state index contributed by atoms with van der Waals surface area (Å²) in [5.41, 5.74) is 0. The smallest absolute Gasteiger partial charge is 0.317 e. The van der Waals surface area contributed by atoms with Crippen LogP contribution >= 0.6 is 0 Å². The van der Waals surface area contributed by atoms with Crippen molar-refractivity contribution in [2.24, 2.45) is 0 Å². The topological polar surface area (TPSA) is 94.9 Å². The van der Waals surface area contributed by atoms with Gasteiger partial charge in [0.05, 0.1) is 24.2 Å². The number of aliphatic carboxylic acids is 1. The minimum atomic E-state index is -3.01. The molecule has 7 heteroatoms. The van der Waals surface area contributed by atoms with Crippen molar-refractivity contribution in [2.75, 3.05) is 24.6 Å². The molecule has 0 radical (unpaired) electrons. The van der Waals surface area contributed by atoms with Gasteiger partial charge in [-0.25, -0.2) is 8.42 Å². The number of rotatable bonds is 6. The van der Waals surface area contributed by atoms with Gasteiger partial charge < -0.3 is 10.2 Å². The molecule has 1 aliphatic rings. The summed E-state index contributed by atoms with van der Waals surface area (Å²) < 4.78 is 22.7. The molecule has 2 atom stereocenters. The molecule has 1 heterocycles. The second-order valence-corrected chi connectivity index (χ2v) is 6.79. The fraction of sp³-hybridized carbons (Fsp3) is 0.900. The number of carboxylic acids is 1. The van der Waals surface area contributed by atoms with Crippen LogP contribution in [0.25, 0.3) is 0 Å². The van der Waals surface area contributed by atoms with E-state index in [0.29, 0.717) is 19.4 Å². The van der Waals surface area contributed by atoms with E-state index < -0.39 is 21.9 Å². The Morgan fingerprint density at radius 3 is 2.59 bits per heavy atom. The Hall–Kier alpha value is -0.660. The summed E-state index contributed by atoms with van der Waals surface area (Å²) in [4.78, 5) is 12.4. The number of carboxylic acid groups (broad SMARTS) is 1. The van der Waals surface area contributed by atoms with Crippen LogP contribution in [0.3, 0.4) is 0 Å². The lowest BCUT2D eigenvalue weighted by atomic mass is 10.2. The summed E-state index contributed by atoms with van der Waals surface area (Å²) in [5, 5.41) is 18.0. The largest absolute Gasteiger partial charge is 0.480 e. The first-order valence-corrected chi connectivity index (χ1v) is 7.46. The Labute approximate surface area is 101 Å². The SMILES string of the molecule is CC(O)CCN(CC(=O)O)C1CCS(=O)(=O)C1. The molecule has 1 aliphatic heterocycles. The van der Waals surface area contributed by atoms with E-state index in [9.17, 15) is 18.3 Å². The second-order valence-electron chi connectivity index (χ2n) is 4.56. The zero-order chi connectivity index (χ0) is 13.1. The third-order valence-electron chi connectivity index (χ3n) is 2.90. The molecule has 1 saturated heterocycles. The highest BCUT2D eigenvalue weighted by molar-refractivity contribution is 7.91. The summed E-state index contributed by atoms with van der Waals surface area (Å²) in [6, 6.07) is -0.227. The van der Waals surface area contributed by atoms with Crippen molar-refractivity contribution in [3.8, 4) is 0 Å². The predicted molar refractivity (Wildman–Crippen MR) is 62.6 cm³/mol. The molecule has 0 aromatic carbocycles. The normalized spacial score (nSPS) is 25.0. The van der Waals surface area contributed by atoms with Crippen molar-refractivity contribution in [1.29, 1.82) is 0 Å². The molecular formula is C10H19NO5S. The number of hydrogen-bond acceptors (Lipinski definition) is 5. The van der Waals surface area contributed by atoms with Gasteiger partial charge in [-0.05, 0) is 19.8 Å². The van der Waals surface area contributed by atoms with Gasteiger partial charge >= 0.3 is 5.97 Å². The molecule has 0 aromatic heterocycles. The minimum Gasteiger partial charge on any atom is -0.480 e. The number of sulfone groups is 1. The van der Waals surface area contributed by atoms with Gasteiger partial charge in [-0.1, -0.05) is 0 Å². The minimum absolute atomic E-state index is 0.0279. The average Bonchev–Trinajstić information content (AvgIpc) is 2.52. The molecule has 100 valence electrons. The van der Waals surface area contributed by atoms with Crippen LogP contribution in [0.1, 0.15) is 19.8 Å². The fourth-order valence-corrected chi connectivity index (χ4v) is 3.74. The molecule has 6 nitrogen and oxygen atoms in total. The van der Waals surface area contributed by atoms with Crippen LogP contribution < -0.4 is 0 Å². The van der Waals surface area contributed by atoms with Gasteiger partial charge in [0.25, 0.3) is 0 Å². The quantitative estimate of drug-likeness (QED) is 0.661. The van der Waals surface area contributed by atoms with E-state index in [0.717, 1.165) is 0 Å². The van der Waals surface area contributed by atoms with E-state index in [1.54, 1.807) is 11.8 Å². The number of nitrogens with zero attached hydrogens (tertiary/aromatic N) is 1. The molecular weight excluding hydrogens is 246 g/mol. The molecule has 0 spiro atoms. The van der Waals surface area contributed by atoms with Crippen LogP contribution in [0.2, 0.25) is 0 Å². The first kappa shape index (κ1) is 14.4. The van der Waals surface area contributed by atoms with Gasteiger partial charge in [-0.15, -0.1) is 0 Å². The Morgan fingerprint density at radius 1 is 1.53 bits per heavy atom. The van der Waals surface area contributed by atoms with Crippen molar-refractivity contribution >= 4 is 15.8 Å². The van der Waals surface area contributed by atoms with Crippen LogP contribution in [-0.4, -0.2) is 66.2 Å². The van der Waals surface area contributed by atoms with Crippen molar-refractivity contribution in [1.82, 2.24) is 4.90 Å². The van der Waals surface area contributed by atoms with E-state index in [1.807, 2.05) is 0 Å². The maximum absolute atomic E-state index is 11.3. The second kappa shape index (κ2) is 5.79. The summed E-state index contributed by atoms with van der Waals surface area (Å²) in [5.74, 6) is -0.817. The maximum Gasteiger partial charge on any atom is 0.317 e. The van der Waals surface area contributed by atoms with Crippen LogP contribution in [0.5, 0.6) is 0 Å². The van der Waals surface area contributed by atoms with Crippen molar-refractivity contribution in [3.05, 3.63) is 0 Å². The molecule has 1 fully saturated rings. The molecule has 17 heavy (non-hydrogen) atoms. The van der Waals surface area contributed by atoms with Gasteiger partial charge in [-0.3, -0.25) is 9.69 Å². The van der Waals surface area contributed by atoms with Crippen LogP contribution in [-0.2, 0) is 14.6 Å². The monoisotopic (exact) mass is 265 g/mol. The van der Waals surface area contributed by atoms with Gasteiger partial charge in [0.2, 0.25) is 0 Å². The highest BCUT2D eigenvalue weighted by atomic mass is 32.2. The highest BCUT2D eigenvalue weighted by Crippen LogP contribution is 2.18. The summed E-state index contributed by atoms with van der Waals surface area (Å²) in [6.45, 7) is 1.86. The van der Waals surface area contributed by atoms with Gasteiger partial charge in [0, 0.05) is 12.6 Å². The Morgan fingerprint density at radius 2 is 2.18 bits per heavy atom. The molecule has 1 rings (SSSR count). The standard InChI is InChI=1S/C10H19NO5S/c1-8(12)2-4-11(6-10(13)14)9-3-5-17(15,16)7-9/h8-9,12H,2-7H2,1H3,(H,13,14). The lowest BCUT2D eigenvalue weighted by Crippen LogP contribution is -2.41. The molecule has 0 amide bonds. The average molecular weight is 265 g/mol. The molecule has 2 unspecified atom stereocenters. The third-order valence-corrected chi connectivity index (χ3v) is 4.65. The van der Waals surface area contributed by atoms with Crippen molar-refractivity contribution < 1.29 is 23.4 Å². The van der Waals surface area contributed by atoms with Crippen LogP contribution in [0.4, 0.5) is 0 Å². The van der Waals surface area contributed by atoms with Gasteiger partial charge in [0.15, 0.2) is 9.84 Å². The van der Waals surface area contributed by atoms with Crippen LogP contribution in [0, 0.1) is 0 Å². The van der Waals surface area contributed by atoms with Crippen LogP contribution in [0.15, 0.2) is 0 Å². The van der Waals surface area contributed by atoms with Gasteiger partial charge in [-0.2, -0.15) is 0 Å². The van der Waals surface area contributed by atoms with Crippen molar-refractivity contribution in [2.45, 2.75) is 31.9 Å². The first-order chi connectivity index (χ1) is 7.80. The van der Waals surface area contributed by atoms with E-state index in [4.69, 9.17) is 5.11 Å². The maximum atomic E-state index is 11.3. The van der Waals surface area contributed by atoms with E-state index in [1.165, 1.54) is 0 Å². The predicted octanol–water partition coefficient (Wildman–Crippen LogP) is -0.669. The zero-order valence-corrected chi connectivity index (χ0v) is 10.7. The number of carbonyl (C=O) groups is 1. The third kappa shape index (κ3) is 5.01. The van der Waals surface area contributed by atoms with Crippen molar-refractivity contribution in [3.63, 3.8) is 0 Å². The number of aliphatic hydroxyl groups is 1. The summed E-state index contributed by atoms with van der Waals surface area (Å²) in [7, 11) is -3.01. The summed E-state index contributed by atoms with van der Waals surface area (Å²) >= 11 is 0. The molecule has 0 aromatic rings. The zero-order valence-electron chi connectivity index (χ0n) is 9.87. The Kier molecular flexibility index (Phi) is 4.91. The number of aliphatic hydroxyl groups excluding tert-OH is 1. The van der Waals surface area contributed by atoms with E-state index in [-0.39, 0.29) is 24.1 Å². The van der Waals surface area contributed by atoms with Gasteiger partial charge in [0.1, 0.15) is 0 Å². The lowest BCUT2D eigenvalue weighted by molar-refractivity contribution is -0.138. The lowest BCUT2D eigenvalue weighted by Gasteiger charge is -2.26. The fourth-order valence-electron chi connectivity index (χ4n) is 1.98. The Balaban J connectivity index is 2.60. The molecule has 0 aliphatic carbocycles. The van der Waals surface area contributed by atoms with E-state index in [2.05, 4.69) is 0 Å². The van der Waals surface area contributed by atoms with E-state index >= 15 is 0 Å². The molecule has 0 bridgehead atoms. The summed E-state index contributed by atoms with van der Waals surface area (Å²) in [6.07, 6.45) is 0.420. The molecule has 0 saturated carbocycles. The Bertz CT molecular complexity index is 365. The number of hydrogen-bond donors (Lipinski definition) is 2. The highest BCUT2D eigenvalue weighted by Gasteiger charge is 2.32. The first-order valence-electron chi connectivity index (χ1n) is 5.64. The molecule has 2 N–H and O–H groups in total.